The predicted molar refractivity (Wildman–Crippen MR) is 158 cm³/mol. The van der Waals surface area contributed by atoms with Crippen LogP contribution in [0.15, 0.2) is 89.0 Å². The summed E-state index contributed by atoms with van der Waals surface area (Å²) < 4.78 is 6.94. The number of Topliss-reactive ketones (excluding diaryl/α,β-unsaturated/α-hetero) is 1. The normalized spacial score (nSPS) is 14.5. The third-order valence-corrected chi connectivity index (χ3v) is 8.28. The molecule has 0 amide bonds. The number of aromatic nitrogens is 2. The number of nitro groups is 1. The van der Waals surface area contributed by atoms with Gasteiger partial charge in [-0.05, 0) is 60.7 Å². The van der Waals surface area contributed by atoms with E-state index in [9.17, 15) is 19.7 Å². The summed E-state index contributed by atoms with van der Waals surface area (Å²) in [7, 11) is 1.61. The van der Waals surface area contributed by atoms with E-state index in [0.29, 0.717) is 51.6 Å². The van der Waals surface area contributed by atoms with E-state index in [4.69, 9.17) is 4.74 Å². The highest BCUT2D eigenvalue weighted by Crippen LogP contribution is 2.36. The van der Waals surface area contributed by atoms with E-state index in [0.717, 1.165) is 16.9 Å². The average Bonchev–Trinajstić information content (AvgIpc) is 3.47. The highest BCUT2D eigenvalue weighted by Gasteiger charge is 2.31. The van der Waals surface area contributed by atoms with Crippen LogP contribution in [-0.2, 0) is 6.42 Å². The molecule has 2 aromatic heterocycles. The lowest BCUT2D eigenvalue weighted by molar-refractivity contribution is -0.384. The van der Waals surface area contributed by atoms with E-state index in [1.54, 1.807) is 35.3 Å². The maximum absolute atomic E-state index is 14.2. The summed E-state index contributed by atoms with van der Waals surface area (Å²) in [6, 6.07) is 23.3. The molecule has 0 spiro atoms. The molecule has 1 aliphatic carbocycles. The minimum atomic E-state index is -0.453. The van der Waals surface area contributed by atoms with Crippen LogP contribution in [0, 0.1) is 17.0 Å². The quantitative estimate of drug-likeness (QED) is 0.167. The number of carbonyl (C=O) groups is 1. The zero-order valence-corrected chi connectivity index (χ0v) is 23.2. The number of hydrogen-bond acceptors (Lipinski definition) is 7. The van der Waals surface area contributed by atoms with Crippen LogP contribution in [0.4, 0.5) is 5.69 Å². The van der Waals surface area contributed by atoms with Crippen LogP contribution in [0.2, 0.25) is 0 Å². The first kappa shape index (κ1) is 26.3. The van der Waals surface area contributed by atoms with Crippen molar-refractivity contribution in [2.45, 2.75) is 25.7 Å². The maximum Gasteiger partial charge on any atom is 0.270 e. The van der Waals surface area contributed by atoms with E-state index in [2.05, 4.69) is 4.98 Å². The average molecular weight is 564 g/mol. The van der Waals surface area contributed by atoms with Gasteiger partial charge in [-0.2, -0.15) is 0 Å². The summed E-state index contributed by atoms with van der Waals surface area (Å²) in [6.45, 7) is 1.96. The molecule has 41 heavy (non-hydrogen) atoms. The van der Waals surface area contributed by atoms with Gasteiger partial charge in [0, 0.05) is 46.4 Å². The van der Waals surface area contributed by atoms with Crippen LogP contribution >= 0.6 is 11.3 Å². The van der Waals surface area contributed by atoms with Crippen LogP contribution < -0.4 is 10.3 Å². The van der Waals surface area contributed by atoms with Gasteiger partial charge in [-0.25, -0.2) is 4.98 Å². The lowest BCUT2D eigenvalue weighted by Crippen LogP contribution is -2.31. The Balaban J connectivity index is 1.49. The number of hydrogen-bond donors (Lipinski definition) is 0. The SMILES string of the molecule is COc1ccc([C@@H]2CC(=O)c3cc(-c4nc(-c5cccc([N+](=O)[O-])c5)cs4)c(=O)n(-c4cccc(C)c4)c3C2)cc1. The number of thiazole rings is 1. The largest absolute Gasteiger partial charge is 0.497 e. The van der Waals surface area contributed by atoms with E-state index < -0.39 is 4.92 Å². The number of methoxy groups -OCH3 is 1. The van der Waals surface area contributed by atoms with Crippen molar-refractivity contribution in [3.8, 4) is 33.3 Å². The fourth-order valence-electron chi connectivity index (χ4n) is 5.35. The zero-order valence-electron chi connectivity index (χ0n) is 22.4. The van der Waals surface area contributed by atoms with Crippen LogP contribution in [0.5, 0.6) is 5.75 Å². The Labute approximate surface area is 239 Å². The lowest BCUT2D eigenvalue weighted by atomic mass is 9.81. The van der Waals surface area contributed by atoms with Crippen LogP contribution in [0.25, 0.3) is 27.5 Å². The van der Waals surface area contributed by atoms with Gasteiger partial charge in [0.1, 0.15) is 10.8 Å². The third-order valence-electron chi connectivity index (χ3n) is 7.41. The number of ether oxygens (including phenoxy) is 1. The number of pyridine rings is 1. The van der Waals surface area contributed by atoms with Crippen molar-refractivity contribution in [3.05, 3.63) is 127 Å². The summed E-state index contributed by atoms with van der Waals surface area (Å²) in [5.74, 6) is 0.623. The number of benzene rings is 3. The molecule has 3 aromatic carbocycles. The molecule has 5 aromatic rings. The van der Waals surface area contributed by atoms with Gasteiger partial charge >= 0.3 is 0 Å². The molecule has 6 rings (SSSR count). The van der Waals surface area contributed by atoms with Gasteiger partial charge in [0.2, 0.25) is 0 Å². The van der Waals surface area contributed by atoms with Gasteiger partial charge in [-0.15, -0.1) is 11.3 Å². The van der Waals surface area contributed by atoms with E-state index in [1.165, 1.54) is 23.5 Å². The molecule has 2 heterocycles. The Hall–Kier alpha value is -4.89. The Morgan fingerprint density at radius 1 is 0.976 bits per heavy atom. The maximum atomic E-state index is 14.2. The first-order chi connectivity index (χ1) is 19.8. The summed E-state index contributed by atoms with van der Waals surface area (Å²) in [6.07, 6.45) is 0.843. The Morgan fingerprint density at radius 3 is 2.49 bits per heavy atom. The summed E-state index contributed by atoms with van der Waals surface area (Å²) in [5, 5.41) is 13.5. The highest BCUT2D eigenvalue weighted by atomic mass is 32.1. The second kappa shape index (κ2) is 10.6. The van der Waals surface area contributed by atoms with Gasteiger partial charge in [-0.1, -0.05) is 36.4 Å². The Morgan fingerprint density at radius 2 is 1.76 bits per heavy atom. The van der Waals surface area contributed by atoms with Crippen molar-refractivity contribution >= 4 is 22.8 Å². The molecule has 0 bridgehead atoms. The molecule has 1 atom stereocenters. The van der Waals surface area contributed by atoms with Crippen molar-refractivity contribution in [2.75, 3.05) is 7.11 Å². The standard InChI is InChI=1S/C32H25N3O5S/c1-19-5-3-7-23(13-19)34-29-15-22(20-9-11-25(40-2)12-10-20)16-30(36)26(29)17-27(32(34)37)31-33-28(18-41-31)21-6-4-8-24(14-21)35(38)39/h3-14,17-18,22H,15-16H2,1-2H3/t22-/m0/s1. The molecule has 0 fully saturated rings. The second-order valence-electron chi connectivity index (χ2n) is 10.0. The fourth-order valence-corrected chi connectivity index (χ4v) is 6.19. The van der Waals surface area contributed by atoms with Crippen molar-refractivity contribution in [1.29, 1.82) is 0 Å². The predicted octanol–water partition coefficient (Wildman–Crippen LogP) is 6.77. The number of rotatable bonds is 6. The second-order valence-corrected chi connectivity index (χ2v) is 10.9. The first-order valence-corrected chi connectivity index (χ1v) is 13.9. The highest BCUT2D eigenvalue weighted by molar-refractivity contribution is 7.13. The van der Waals surface area contributed by atoms with E-state index in [-0.39, 0.29) is 22.9 Å². The van der Waals surface area contributed by atoms with E-state index in [1.807, 2.05) is 55.5 Å². The summed E-state index contributed by atoms with van der Waals surface area (Å²) in [4.78, 5) is 43.3. The number of nitrogens with zero attached hydrogens (tertiary/aromatic N) is 3. The van der Waals surface area contributed by atoms with E-state index >= 15 is 0 Å². The van der Waals surface area contributed by atoms with Crippen LogP contribution in [0.1, 0.15) is 39.5 Å². The number of fused-ring (bicyclic) bond motifs is 1. The van der Waals surface area contributed by atoms with Gasteiger partial charge in [0.25, 0.3) is 11.2 Å². The minimum absolute atomic E-state index is 0.0369. The van der Waals surface area contributed by atoms with Crippen LogP contribution in [0.3, 0.4) is 0 Å². The lowest BCUT2D eigenvalue weighted by Gasteiger charge is -2.27. The molecule has 0 radical (unpaired) electrons. The van der Waals surface area contributed by atoms with Gasteiger partial charge < -0.3 is 4.74 Å². The number of aryl methyl sites for hydroxylation is 1. The molecule has 9 heteroatoms. The molecular weight excluding hydrogens is 538 g/mol. The summed E-state index contributed by atoms with van der Waals surface area (Å²) in [5.41, 5.74) is 5.01. The number of non-ortho nitro benzene ring substituents is 1. The number of nitro benzene ring substituents is 1. The zero-order chi connectivity index (χ0) is 28.7. The number of ketones is 1. The smallest absolute Gasteiger partial charge is 0.270 e. The molecule has 204 valence electrons. The van der Waals surface area contributed by atoms with Crippen molar-refractivity contribution in [2.24, 2.45) is 0 Å². The Kier molecular flexibility index (Phi) is 6.80. The minimum Gasteiger partial charge on any atom is -0.497 e. The van der Waals surface area contributed by atoms with Gasteiger partial charge in [0.05, 0.1) is 23.3 Å². The fraction of sp³-hybridized carbons (Fsp3) is 0.156. The Bertz CT molecular complexity index is 1870. The van der Waals surface area contributed by atoms with Crippen molar-refractivity contribution < 1.29 is 14.5 Å². The van der Waals surface area contributed by atoms with Crippen molar-refractivity contribution in [1.82, 2.24) is 9.55 Å². The molecule has 0 aliphatic heterocycles. The topological polar surface area (TPSA) is 104 Å². The molecule has 0 N–H and O–H groups in total. The van der Waals surface area contributed by atoms with Crippen LogP contribution in [-0.4, -0.2) is 27.4 Å². The third kappa shape index (κ3) is 4.96. The van der Waals surface area contributed by atoms with Gasteiger partial charge in [-0.3, -0.25) is 24.3 Å². The summed E-state index contributed by atoms with van der Waals surface area (Å²) >= 11 is 1.27. The molecule has 8 nitrogen and oxygen atoms in total. The monoisotopic (exact) mass is 563 g/mol. The first-order valence-electron chi connectivity index (χ1n) is 13.1. The molecule has 0 unspecified atom stereocenters. The number of carbonyl (C=O) groups excluding carboxylic acids is 1. The molecule has 1 aliphatic rings. The van der Waals surface area contributed by atoms with Crippen molar-refractivity contribution in [3.63, 3.8) is 0 Å². The van der Waals surface area contributed by atoms with Gasteiger partial charge in [0.15, 0.2) is 5.78 Å². The molecule has 0 saturated carbocycles. The molecule has 0 saturated heterocycles. The molecular formula is C32H25N3O5S.